The maximum atomic E-state index is 13.0. The van der Waals surface area contributed by atoms with Gasteiger partial charge < -0.3 is 28.8 Å². The Morgan fingerprint density at radius 2 is 1.25 bits per heavy atom. The van der Waals surface area contributed by atoms with Gasteiger partial charge in [0.15, 0.2) is 18.3 Å². The molecule has 1 aliphatic rings. The molecular weight excluding hydrogens is 672 g/mol. The molecule has 3 aromatic carbocycles. The van der Waals surface area contributed by atoms with Gasteiger partial charge in [0.05, 0.1) is 12.0 Å². The second-order valence-electron chi connectivity index (χ2n) is 14.7. The number of esters is 3. The molecule has 0 aromatic heterocycles. The summed E-state index contributed by atoms with van der Waals surface area (Å²) in [5.74, 6) is -0.947. The summed E-state index contributed by atoms with van der Waals surface area (Å²) in [6.07, 6.45) is 10.6. The Hall–Kier alpha value is -4.05. The van der Waals surface area contributed by atoms with Crippen LogP contribution >= 0.6 is 0 Å². The molecule has 0 spiro atoms. The smallest absolute Gasteiger partial charge is 0.345 e. The quantitative estimate of drug-likeness (QED) is 0.0580. The molecule has 0 aliphatic carbocycles. The van der Waals surface area contributed by atoms with Crippen molar-refractivity contribution in [3.63, 3.8) is 0 Å². The summed E-state index contributed by atoms with van der Waals surface area (Å²) in [4.78, 5) is 38.0. The van der Waals surface area contributed by atoms with E-state index in [-0.39, 0.29) is 12.8 Å². The van der Waals surface area contributed by atoms with Gasteiger partial charge in [0, 0.05) is 20.6 Å². The van der Waals surface area contributed by atoms with Crippen molar-refractivity contribution in [3.05, 3.63) is 102 Å². The number of ether oxygens (including phenoxy) is 5. The Bertz CT molecular complexity index is 1540. The number of aryl methyl sites for hydroxylation is 1. The SMILES string of the molecule is CO[C@H](C(=O)Oc1ccc(CCCCCCCCCCCC[C@](C)(O)C[C@@]2(C)OC(=O)C[C@H]2OC(=O)[C@@H](OC)c2ccccc2)cc1)c1ccccc1. The van der Waals surface area contributed by atoms with E-state index in [1.54, 1.807) is 26.0 Å². The zero-order valence-electron chi connectivity index (χ0n) is 31.9. The lowest BCUT2D eigenvalue weighted by Gasteiger charge is -2.36. The predicted octanol–water partition coefficient (Wildman–Crippen LogP) is 8.96. The van der Waals surface area contributed by atoms with E-state index in [9.17, 15) is 19.5 Å². The van der Waals surface area contributed by atoms with E-state index in [0.29, 0.717) is 17.7 Å². The summed E-state index contributed by atoms with van der Waals surface area (Å²) >= 11 is 0. The molecule has 1 heterocycles. The highest BCUT2D eigenvalue weighted by Gasteiger charge is 2.51. The van der Waals surface area contributed by atoms with Gasteiger partial charge in [0.25, 0.3) is 0 Å². The Labute approximate surface area is 315 Å². The Morgan fingerprint density at radius 3 is 1.77 bits per heavy atom. The van der Waals surface area contributed by atoms with Crippen molar-refractivity contribution in [2.75, 3.05) is 14.2 Å². The van der Waals surface area contributed by atoms with Crippen LogP contribution in [-0.2, 0) is 39.8 Å². The minimum absolute atomic E-state index is 0.0518. The van der Waals surface area contributed by atoms with Gasteiger partial charge in [-0.05, 0) is 61.9 Å². The van der Waals surface area contributed by atoms with Gasteiger partial charge in [-0.15, -0.1) is 0 Å². The van der Waals surface area contributed by atoms with E-state index in [2.05, 4.69) is 0 Å². The third-order valence-electron chi connectivity index (χ3n) is 10.0. The second kappa shape index (κ2) is 21.0. The second-order valence-corrected chi connectivity index (χ2v) is 14.7. The molecule has 0 amide bonds. The van der Waals surface area contributed by atoms with Crippen LogP contribution < -0.4 is 4.74 Å². The summed E-state index contributed by atoms with van der Waals surface area (Å²) in [6.45, 7) is 3.50. The van der Waals surface area contributed by atoms with Crippen molar-refractivity contribution >= 4 is 17.9 Å². The highest BCUT2D eigenvalue weighted by atomic mass is 16.6. The molecule has 1 aliphatic heterocycles. The Balaban J connectivity index is 1.04. The van der Waals surface area contributed by atoms with Crippen LogP contribution in [-0.4, -0.2) is 54.5 Å². The number of unbranched alkanes of at least 4 members (excludes halogenated alkanes) is 9. The zero-order valence-corrected chi connectivity index (χ0v) is 31.9. The first kappa shape index (κ1) is 41.7. The van der Waals surface area contributed by atoms with Crippen molar-refractivity contribution in [3.8, 4) is 5.75 Å². The molecule has 0 bridgehead atoms. The van der Waals surface area contributed by atoms with Crippen LogP contribution in [0.15, 0.2) is 84.9 Å². The number of carbonyl (C=O) groups excluding carboxylic acids is 3. The highest BCUT2D eigenvalue weighted by Crippen LogP contribution is 2.39. The van der Waals surface area contributed by atoms with E-state index in [0.717, 1.165) is 37.7 Å². The fourth-order valence-electron chi connectivity index (χ4n) is 7.23. The summed E-state index contributed by atoms with van der Waals surface area (Å²) in [7, 11) is 2.95. The summed E-state index contributed by atoms with van der Waals surface area (Å²) in [6, 6.07) is 26.1. The number of hydrogen-bond acceptors (Lipinski definition) is 9. The van der Waals surface area contributed by atoms with E-state index >= 15 is 0 Å². The van der Waals surface area contributed by atoms with Gasteiger partial charge in [-0.3, -0.25) is 4.79 Å². The van der Waals surface area contributed by atoms with Crippen molar-refractivity contribution in [1.82, 2.24) is 0 Å². The van der Waals surface area contributed by atoms with Crippen molar-refractivity contribution in [2.24, 2.45) is 0 Å². The van der Waals surface area contributed by atoms with E-state index < -0.39 is 47.4 Å². The Kier molecular flexibility index (Phi) is 16.5. The summed E-state index contributed by atoms with van der Waals surface area (Å²) in [5, 5.41) is 11.3. The first-order valence-corrected chi connectivity index (χ1v) is 19.1. The van der Waals surface area contributed by atoms with Crippen LogP contribution in [0.25, 0.3) is 0 Å². The van der Waals surface area contributed by atoms with Crippen molar-refractivity contribution < 1.29 is 43.2 Å². The molecule has 53 heavy (non-hydrogen) atoms. The van der Waals surface area contributed by atoms with Gasteiger partial charge in [0.1, 0.15) is 11.4 Å². The number of aliphatic hydroxyl groups is 1. The standard InChI is InChI=1S/C44H58O9/c1-43(48,32-44(2)37(31-38(45)53-44)52-42(47)40(50-4)35-24-18-14-19-25-35)30-20-12-10-8-6-5-7-9-11-15-21-33-26-28-36(29-27-33)51-41(46)39(49-3)34-22-16-13-17-23-34/h13-14,16-19,22-29,37,39-40,48H,5-12,15,20-21,30-32H2,1-4H3/t37-,39+,40+,43+,44-/m1/s1. The molecule has 9 heteroatoms. The van der Waals surface area contributed by atoms with Crippen LogP contribution in [0, 0.1) is 0 Å². The average molecular weight is 731 g/mol. The minimum Gasteiger partial charge on any atom is -0.455 e. The lowest BCUT2D eigenvalue weighted by Crippen LogP contribution is -2.46. The van der Waals surface area contributed by atoms with Gasteiger partial charge in [-0.25, -0.2) is 9.59 Å². The maximum absolute atomic E-state index is 13.0. The fraction of sp³-hybridized carbons (Fsp3) is 0.523. The average Bonchev–Trinajstić information content (AvgIpc) is 3.41. The largest absolute Gasteiger partial charge is 0.455 e. The van der Waals surface area contributed by atoms with Gasteiger partial charge in [0.2, 0.25) is 0 Å². The van der Waals surface area contributed by atoms with Gasteiger partial charge in [-0.2, -0.15) is 0 Å². The number of carbonyl (C=O) groups is 3. The minimum atomic E-state index is -1.12. The topological polar surface area (TPSA) is 118 Å². The molecule has 1 fully saturated rings. The lowest BCUT2D eigenvalue weighted by molar-refractivity contribution is -0.177. The predicted molar refractivity (Wildman–Crippen MR) is 203 cm³/mol. The molecule has 0 unspecified atom stereocenters. The molecule has 5 atom stereocenters. The molecule has 4 rings (SSSR count). The number of rotatable bonds is 23. The highest BCUT2D eigenvalue weighted by molar-refractivity contribution is 5.79. The van der Waals surface area contributed by atoms with Crippen LogP contribution in [0.4, 0.5) is 0 Å². The molecule has 1 saturated heterocycles. The van der Waals surface area contributed by atoms with Crippen LogP contribution in [0.3, 0.4) is 0 Å². The molecular formula is C44H58O9. The van der Waals surface area contributed by atoms with E-state index in [4.69, 9.17) is 23.7 Å². The van der Waals surface area contributed by atoms with E-state index in [1.165, 1.54) is 58.3 Å². The maximum Gasteiger partial charge on any atom is 0.345 e. The molecule has 0 saturated carbocycles. The zero-order chi connectivity index (χ0) is 38.1. The van der Waals surface area contributed by atoms with E-state index in [1.807, 2.05) is 72.8 Å². The molecule has 9 nitrogen and oxygen atoms in total. The van der Waals surface area contributed by atoms with Crippen LogP contribution in [0.1, 0.15) is 126 Å². The molecule has 1 N–H and O–H groups in total. The Morgan fingerprint density at radius 1 is 0.755 bits per heavy atom. The van der Waals surface area contributed by atoms with Crippen LogP contribution in [0.5, 0.6) is 5.75 Å². The normalized spacial score (nSPS) is 19.2. The summed E-state index contributed by atoms with van der Waals surface area (Å²) in [5.41, 5.74) is 0.464. The van der Waals surface area contributed by atoms with Gasteiger partial charge in [-0.1, -0.05) is 131 Å². The third kappa shape index (κ3) is 13.4. The number of benzene rings is 3. The fourth-order valence-corrected chi connectivity index (χ4v) is 7.23. The summed E-state index contributed by atoms with van der Waals surface area (Å²) < 4.78 is 27.8. The molecule has 0 radical (unpaired) electrons. The molecule has 3 aromatic rings. The molecule has 288 valence electrons. The van der Waals surface area contributed by atoms with Crippen molar-refractivity contribution in [2.45, 2.75) is 133 Å². The lowest BCUT2D eigenvalue weighted by atomic mass is 9.82. The first-order chi connectivity index (χ1) is 25.5. The third-order valence-corrected chi connectivity index (χ3v) is 10.0. The number of methoxy groups -OCH3 is 2. The monoisotopic (exact) mass is 730 g/mol. The van der Waals surface area contributed by atoms with Gasteiger partial charge >= 0.3 is 17.9 Å². The number of cyclic esters (lactones) is 1. The first-order valence-electron chi connectivity index (χ1n) is 19.1. The van der Waals surface area contributed by atoms with Crippen molar-refractivity contribution in [1.29, 1.82) is 0 Å². The van der Waals surface area contributed by atoms with Crippen LogP contribution in [0.2, 0.25) is 0 Å². The number of hydrogen-bond donors (Lipinski definition) is 1.